The molecule has 0 aromatic heterocycles. The molecule has 1 saturated heterocycles. The van der Waals surface area contributed by atoms with Crippen LogP contribution < -0.4 is 0 Å². The molecular weight excluding hydrogens is 602 g/mol. The third-order valence-electron chi connectivity index (χ3n) is 12.9. The molecule has 15 atom stereocenters. The van der Waals surface area contributed by atoms with Crippen LogP contribution in [0.25, 0.3) is 0 Å². The van der Waals surface area contributed by atoms with Crippen LogP contribution in [0.2, 0.25) is 0 Å². The number of esters is 2. The van der Waals surface area contributed by atoms with E-state index in [4.69, 9.17) is 28.4 Å². The number of methoxy groups -OCH3 is 4. The molecule has 13 nitrogen and oxygen atoms in total. The quantitative estimate of drug-likeness (QED) is 0.263. The molecule has 4 N–H and O–H groups in total. The second kappa shape index (κ2) is 10.4. The van der Waals surface area contributed by atoms with Crippen molar-refractivity contribution >= 4 is 11.9 Å². The van der Waals surface area contributed by atoms with E-state index >= 15 is 0 Å². The van der Waals surface area contributed by atoms with Gasteiger partial charge in [-0.25, -0.2) is 4.79 Å². The van der Waals surface area contributed by atoms with E-state index in [0.29, 0.717) is 6.54 Å². The molecule has 0 radical (unpaired) electrons. The van der Waals surface area contributed by atoms with Gasteiger partial charge in [0.25, 0.3) is 0 Å². The molecule has 1 aliphatic heterocycles. The molecule has 1 aromatic rings. The summed E-state index contributed by atoms with van der Waals surface area (Å²) in [5.74, 6) is -4.35. The summed E-state index contributed by atoms with van der Waals surface area (Å²) in [6.07, 6.45) is -7.39. The summed E-state index contributed by atoms with van der Waals surface area (Å²) in [7, 11) is 7.77. The fraction of sp³-hybridized carbons (Fsp3) is 0.758. The number of hydrogen-bond acceptors (Lipinski definition) is 13. The lowest BCUT2D eigenvalue weighted by Gasteiger charge is -2.72. The highest BCUT2D eigenvalue weighted by molar-refractivity contribution is 5.89. The van der Waals surface area contributed by atoms with Crippen molar-refractivity contribution < 1.29 is 58.4 Å². The molecule has 1 spiro atoms. The van der Waals surface area contributed by atoms with Crippen LogP contribution in [0.3, 0.4) is 0 Å². The predicted molar refractivity (Wildman–Crippen MR) is 157 cm³/mol. The van der Waals surface area contributed by atoms with E-state index in [9.17, 15) is 30.0 Å². The van der Waals surface area contributed by atoms with Crippen LogP contribution in [-0.4, -0.2) is 145 Å². The molecule has 1 aromatic carbocycles. The lowest BCUT2D eigenvalue weighted by molar-refractivity contribution is -0.353. The molecule has 6 aliphatic rings. The highest BCUT2D eigenvalue weighted by atomic mass is 16.6. The van der Waals surface area contributed by atoms with Crippen molar-refractivity contribution in [2.24, 2.45) is 28.6 Å². The molecule has 7 bridgehead atoms. The number of likely N-dealkylation sites (tertiary alicyclic amines) is 1. The standard InChI is InChI=1S/C33H45NO12/c1-16(35)46-33-20-21(43-5)22-29(15-41-3)14-34(2)24(20)32(22,19(42-4)12-18(29)36)31(40)13-30(39,27(44-6)25(33)37)26(23(31)33)45-28(38)17-10-8-7-9-11-17/h7-11,18-27,36-37,39-40H,12-15H2,1-6H3/t18-,19+,20+,21+,22?,23?,24?,25+,26?,27+,29+,30?,31?,32-,33+/m1/s1. The highest BCUT2D eigenvalue weighted by Gasteiger charge is 2.96. The van der Waals surface area contributed by atoms with Crippen molar-refractivity contribution in [3.8, 4) is 0 Å². The number of hydrogen-bond donors (Lipinski definition) is 4. The molecule has 13 heteroatoms. The molecule has 5 aliphatic carbocycles. The molecule has 7 rings (SSSR count). The van der Waals surface area contributed by atoms with Crippen molar-refractivity contribution in [2.45, 2.75) is 79.2 Å². The Labute approximate surface area is 267 Å². The van der Waals surface area contributed by atoms with Crippen molar-refractivity contribution in [1.82, 2.24) is 4.90 Å². The van der Waals surface area contributed by atoms with E-state index in [2.05, 4.69) is 0 Å². The lowest BCUT2D eigenvalue weighted by atomic mass is 9.40. The number of carbonyl (C=O) groups is 2. The van der Waals surface area contributed by atoms with E-state index < -0.39 is 106 Å². The van der Waals surface area contributed by atoms with Gasteiger partial charge in [0.2, 0.25) is 0 Å². The Morgan fingerprint density at radius 2 is 1.67 bits per heavy atom. The number of piperidine rings is 1. The Morgan fingerprint density at radius 1 is 0.978 bits per heavy atom. The zero-order valence-corrected chi connectivity index (χ0v) is 27.0. The van der Waals surface area contributed by atoms with E-state index in [1.165, 1.54) is 28.3 Å². The first kappa shape index (κ1) is 32.4. The molecule has 0 amide bonds. The maximum atomic E-state index is 13.7. The number of benzene rings is 1. The fourth-order valence-electron chi connectivity index (χ4n) is 12.2. The smallest absolute Gasteiger partial charge is 0.338 e. The van der Waals surface area contributed by atoms with Gasteiger partial charge in [0.1, 0.15) is 23.9 Å². The third-order valence-corrected chi connectivity index (χ3v) is 12.9. The van der Waals surface area contributed by atoms with Gasteiger partial charge in [-0.1, -0.05) is 18.2 Å². The number of carbonyl (C=O) groups excluding carboxylic acids is 2. The first-order valence-corrected chi connectivity index (χ1v) is 15.9. The monoisotopic (exact) mass is 647 g/mol. The van der Waals surface area contributed by atoms with E-state index in [1.807, 2.05) is 11.9 Å². The summed E-state index contributed by atoms with van der Waals surface area (Å²) in [4.78, 5) is 28.9. The van der Waals surface area contributed by atoms with Gasteiger partial charge in [0, 0.05) is 83.5 Å². The maximum Gasteiger partial charge on any atom is 0.338 e. The van der Waals surface area contributed by atoms with Crippen LogP contribution in [0.4, 0.5) is 0 Å². The van der Waals surface area contributed by atoms with E-state index in [1.54, 1.807) is 37.4 Å². The zero-order chi connectivity index (χ0) is 33.2. The van der Waals surface area contributed by atoms with E-state index in [-0.39, 0.29) is 18.6 Å². The normalized spacial score (nSPS) is 51.5. The Morgan fingerprint density at radius 3 is 2.26 bits per heavy atom. The lowest BCUT2D eigenvalue weighted by Crippen LogP contribution is -2.85. The van der Waals surface area contributed by atoms with Gasteiger partial charge in [-0.05, 0) is 19.2 Å². The highest BCUT2D eigenvalue weighted by Crippen LogP contribution is 2.81. The van der Waals surface area contributed by atoms with Crippen molar-refractivity contribution in [2.75, 3.05) is 48.6 Å². The minimum atomic E-state index is -2.12. The second-order valence-electron chi connectivity index (χ2n) is 14.4. The van der Waals surface area contributed by atoms with E-state index in [0.717, 1.165) is 0 Å². The average molecular weight is 648 g/mol. The van der Waals surface area contributed by atoms with Gasteiger partial charge < -0.3 is 53.7 Å². The maximum absolute atomic E-state index is 13.7. The second-order valence-corrected chi connectivity index (χ2v) is 14.4. The minimum absolute atomic E-state index is 0.113. The van der Waals surface area contributed by atoms with Gasteiger partial charge in [0.05, 0.1) is 42.0 Å². The van der Waals surface area contributed by atoms with Crippen LogP contribution in [-0.2, 0) is 33.2 Å². The number of aliphatic hydroxyl groups is 4. The number of rotatable bonds is 8. The number of fused-ring (bicyclic) bond motifs is 2. The van der Waals surface area contributed by atoms with Gasteiger partial charge in [-0.2, -0.15) is 0 Å². The Balaban J connectivity index is 1.56. The molecule has 1 heterocycles. The van der Waals surface area contributed by atoms with Crippen LogP contribution >= 0.6 is 0 Å². The first-order chi connectivity index (χ1) is 21.8. The molecule has 46 heavy (non-hydrogen) atoms. The first-order valence-electron chi connectivity index (χ1n) is 15.9. The van der Waals surface area contributed by atoms with Crippen LogP contribution in [0.15, 0.2) is 30.3 Å². The summed E-state index contributed by atoms with van der Waals surface area (Å²) >= 11 is 0. The Bertz CT molecular complexity index is 1400. The van der Waals surface area contributed by atoms with Crippen LogP contribution in [0, 0.1) is 28.6 Å². The topological polar surface area (TPSA) is 174 Å². The molecule has 6 fully saturated rings. The van der Waals surface area contributed by atoms with Gasteiger partial charge >= 0.3 is 11.9 Å². The average Bonchev–Trinajstić information content (AvgIpc) is 3.38. The molecule has 6 unspecified atom stereocenters. The summed E-state index contributed by atoms with van der Waals surface area (Å²) in [6.45, 7) is 1.68. The molecule has 5 saturated carbocycles. The van der Waals surface area contributed by atoms with Crippen molar-refractivity contribution in [1.29, 1.82) is 0 Å². The number of aliphatic hydroxyl groups excluding tert-OH is 2. The van der Waals surface area contributed by atoms with Gasteiger partial charge in [-0.3, -0.25) is 4.79 Å². The molecular formula is C33H45NO12. The summed E-state index contributed by atoms with van der Waals surface area (Å²) < 4.78 is 36.7. The van der Waals surface area contributed by atoms with Gasteiger partial charge in [0.15, 0.2) is 5.60 Å². The van der Waals surface area contributed by atoms with Crippen molar-refractivity contribution in [3.63, 3.8) is 0 Å². The molecule has 254 valence electrons. The summed E-state index contributed by atoms with van der Waals surface area (Å²) in [5.41, 5.74) is -8.16. The van der Waals surface area contributed by atoms with Crippen molar-refractivity contribution in [3.05, 3.63) is 35.9 Å². The van der Waals surface area contributed by atoms with Crippen LogP contribution in [0.5, 0.6) is 0 Å². The Hall–Kier alpha value is -2.20. The largest absolute Gasteiger partial charge is 0.455 e. The fourth-order valence-corrected chi connectivity index (χ4v) is 12.2. The summed E-state index contributed by atoms with van der Waals surface area (Å²) in [6, 6.07) is 7.61. The zero-order valence-electron chi connectivity index (χ0n) is 27.0. The minimum Gasteiger partial charge on any atom is -0.455 e. The SMILES string of the molecule is COC[C@]12CN(C)C3[C@@H]4[C@H](OC)C1[C@@]3([C@@H](OC)C[C@H]2O)C1(O)CC2(O)C(OC(=O)c3ccccc3)C1[C@]4(OC(C)=O)[C@@H](O)[C@@H]2OC. The number of nitrogens with zero attached hydrogens (tertiary/aromatic N) is 1. The third kappa shape index (κ3) is 3.41. The van der Waals surface area contributed by atoms with Crippen LogP contribution in [0.1, 0.15) is 30.1 Å². The van der Waals surface area contributed by atoms with Gasteiger partial charge in [-0.15, -0.1) is 0 Å². The predicted octanol–water partition coefficient (Wildman–Crippen LogP) is -0.627. The Kier molecular flexibility index (Phi) is 7.31. The summed E-state index contributed by atoms with van der Waals surface area (Å²) in [5, 5.41) is 50.8. The number of ether oxygens (including phenoxy) is 6.